The summed E-state index contributed by atoms with van der Waals surface area (Å²) in [4.78, 5) is 43.2. The zero-order valence-corrected chi connectivity index (χ0v) is 17.4. The van der Waals surface area contributed by atoms with Gasteiger partial charge in [0.1, 0.15) is 11.4 Å². The van der Waals surface area contributed by atoms with Crippen molar-refractivity contribution in [1.82, 2.24) is 14.9 Å². The van der Waals surface area contributed by atoms with E-state index in [-0.39, 0.29) is 24.1 Å². The van der Waals surface area contributed by atoms with E-state index in [9.17, 15) is 14.4 Å². The number of hydrogen-bond acceptors (Lipinski definition) is 6. The molecule has 0 radical (unpaired) electrons. The summed E-state index contributed by atoms with van der Waals surface area (Å²) in [5, 5.41) is 3.52. The molecule has 2 aromatic rings. The molecule has 0 aromatic carbocycles. The largest absolute Gasteiger partial charge is 0.451 e. The predicted octanol–water partition coefficient (Wildman–Crippen LogP) is 2.85. The van der Waals surface area contributed by atoms with Crippen LogP contribution in [0, 0.1) is 13.8 Å². The molecule has 1 atom stereocenters. The highest BCUT2D eigenvalue weighted by Gasteiger charge is 2.22. The number of thiophene rings is 1. The van der Waals surface area contributed by atoms with Gasteiger partial charge in [-0.05, 0) is 39.2 Å². The third-order valence-corrected chi connectivity index (χ3v) is 6.45. The summed E-state index contributed by atoms with van der Waals surface area (Å²) < 4.78 is 6.49. The molecule has 1 N–H and O–H groups in total. The van der Waals surface area contributed by atoms with Gasteiger partial charge in [0.2, 0.25) is 0 Å². The molecule has 1 fully saturated rings. The average molecular weight is 406 g/mol. The van der Waals surface area contributed by atoms with Crippen LogP contribution in [0.5, 0.6) is 0 Å². The zero-order valence-electron chi connectivity index (χ0n) is 16.6. The molecule has 1 aliphatic rings. The molecular formula is C20H27N3O4S. The molecule has 0 unspecified atom stereocenters. The first-order valence-corrected chi connectivity index (χ1v) is 10.6. The van der Waals surface area contributed by atoms with Crippen LogP contribution in [0.4, 0.5) is 0 Å². The summed E-state index contributed by atoms with van der Waals surface area (Å²) in [5.74, 6) is -0.915. The summed E-state index contributed by atoms with van der Waals surface area (Å²) in [6, 6.07) is 0.148. The first-order valence-electron chi connectivity index (χ1n) is 9.82. The standard InChI is InChI=1S/C20H27N3O4S/c1-12-14(3)28-19-17(12)20(26)23(11-21-19)10-16(24)27-13(2)18(25)22-15-8-6-4-5-7-9-15/h11,13,15H,4-10H2,1-3H3,(H,22,25)/t13-/m0/s1. The van der Waals surface area contributed by atoms with Crippen molar-refractivity contribution >= 4 is 33.4 Å². The summed E-state index contributed by atoms with van der Waals surface area (Å²) in [6.07, 6.45) is 7.02. The van der Waals surface area contributed by atoms with E-state index in [0.29, 0.717) is 10.2 Å². The number of carbonyl (C=O) groups is 2. The van der Waals surface area contributed by atoms with E-state index < -0.39 is 12.1 Å². The van der Waals surface area contributed by atoms with Crippen molar-refractivity contribution in [1.29, 1.82) is 0 Å². The van der Waals surface area contributed by atoms with Crippen LogP contribution in [-0.4, -0.2) is 33.6 Å². The first kappa shape index (κ1) is 20.5. The molecule has 2 heterocycles. The van der Waals surface area contributed by atoms with Crippen molar-refractivity contribution in [3.05, 3.63) is 27.1 Å². The Kier molecular flexibility index (Phi) is 6.49. The number of hydrogen-bond donors (Lipinski definition) is 1. The van der Waals surface area contributed by atoms with Crippen LogP contribution in [0.3, 0.4) is 0 Å². The molecular weight excluding hydrogens is 378 g/mol. The lowest BCUT2D eigenvalue weighted by Crippen LogP contribution is -2.42. The highest BCUT2D eigenvalue weighted by atomic mass is 32.1. The average Bonchev–Trinajstić information content (AvgIpc) is 2.82. The molecule has 152 valence electrons. The van der Waals surface area contributed by atoms with Gasteiger partial charge in [0.25, 0.3) is 11.5 Å². The van der Waals surface area contributed by atoms with Crippen LogP contribution in [0.25, 0.3) is 10.2 Å². The fourth-order valence-corrected chi connectivity index (χ4v) is 4.54. The van der Waals surface area contributed by atoms with E-state index in [2.05, 4.69) is 10.3 Å². The van der Waals surface area contributed by atoms with Crippen LogP contribution >= 0.6 is 11.3 Å². The number of ether oxygens (including phenoxy) is 1. The van der Waals surface area contributed by atoms with Crippen molar-refractivity contribution in [3.8, 4) is 0 Å². The molecule has 1 aliphatic carbocycles. The summed E-state index contributed by atoms with van der Waals surface area (Å²) >= 11 is 1.46. The third-order valence-electron chi connectivity index (χ3n) is 5.33. The number of fused-ring (bicyclic) bond motifs is 1. The first-order chi connectivity index (χ1) is 13.4. The minimum atomic E-state index is -0.895. The van der Waals surface area contributed by atoms with E-state index in [1.165, 1.54) is 35.1 Å². The zero-order chi connectivity index (χ0) is 20.3. The highest BCUT2D eigenvalue weighted by molar-refractivity contribution is 7.18. The lowest BCUT2D eigenvalue weighted by Gasteiger charge is -2.19. The number of aromatic nitrogens is 2. The van der Waals surface area contributed by atoms with Crippen LogP contribution in [0.2, 0.25) is 0 Å². The minimum absolute atomic E-state index is 0.148. The van der Waals surface area contributed by atoms with Crippen LogP contribution in [0.15, 0.2) is 11.1 Å². The van der Waals surface area contributed by atoms with Gasteiger partial charge in [0, 0.05) is 10.9 Å². The molecule has 8 heteroatoms. The highest BCUT2D eigenvalue weighted by Crippen LogP contribution is 2.25. The monoisotopic (exact) mass is 405 g/mol. The number of nitrogens with one attached hydrogen (secondary N) is 1. The van der Waals surface area contributed by atoms with Gasteiger partial charge in [0.15, 0.2) is 6.10 Å². The maximum atomic E-state index is 12.7. The number of amides is 1. The summed E-state index contributed by atoms with van der Waals surface area (Å²) in [7, 11) is 0. The van der Waals surface area contributed by atoms with Gasteiger partial charge in [-0.3, -0.25) is 19.0 Å². The van der Waals surface area contributed by atoms with Gasteiger partial charge >= 0.3 is 5.97 Å². The maximum absolute atomic E-state index is 12.7. The Bertz CT molecular complexity index is 925. The van der Waals surface area contributed by atoms with Gasteiger partial charge in [-0.1, -0.05) is 25.7 Å². The fourth-order valence-electron chi connectivity index (χ4n) is 3.55. The number of carbonyl (C=O) groups excluding carboxylic acids is 2. The van der Waals surface area contributed by atoms with E-state index in [1.54, 1.807) is 6.92 Å². The predicted molar refractivity (Wildman–Crippen MR) is 109 cm³/mol. The molecule has 1 saturated carbocycles. The Morgan fingerprint density at radius 2 is 1.96 bits per heavy atom. The Morgan fingerprint density at radius 3 is 2.64 bits per heavy atom. The Hall–Kier alpha value is -2.22. The second-order valence-electron chi connectivity index (χ2n) is 7.47. The topological polar surface area (TPSA) is 90.3 Å². The molecule has 7 nitrogen and oxygen atoms in total. The molecule has 0 aliphatic heterocycles. The molecule has 2 aromatic heterocycles. The van der Waals surface area contributed by atoms with E-state index in [1.807, 2.05) is 13.8 Å². The molecule has 3 rings (SSSR count). The molecule has 0 bridgehead atoms. The molecule has 28 heavy (non-hydrogen) atoms. The number of aryl methyl sites for hydroxylation is 2. The minimum Gasteiger partial charge on any atom is -0.451 e. The Labute approximate surface area is 168 Å². The number of rotatable bonds is 5. The Balaban J connectivity index is 1.61. The van der Waals surface area contributed by atoms with Crippen LogP contribution < -0.4 is 10.9 Å². The van der Waals surface area contributed by atoms with Gasteiger partial charge < -0.3 is 10.1 Å². The fraction of sp³-hybridized carbons (Fsp3) is 0.600. The normalized spacial score (nSPS) is 16.5. The molecule has 0 spiro atoms. The van der Waals surface area contributed by atoms with Crippen molar-refractivity contribution in [2.75, 3.05) is 0 Å². The Morgan fingerprint density at radius 1 is 1.29 bits per heavy atom. The SMILES string of the molecule is Cc1sc2ncn(CC(=O)O[C@@H](C)C(=O)NC3CCCCCC3)c(=O)c2c1C. The second-order valence-corrected chi connectivity index (χ2v) is 8.67. The molecule has 0 saturated heterocycles. The van der Waals surface area contributed by atoms with Crippen molar-refractivity contribution < 1.29 is 14.3 Å². The smallest absolute Gasteiger partial charge is 0.326 e. The number of esters is 1. The number of nitrogens with zero attached hydrogens (tertiary/aromatic N) is 2. The molecule has 1 amide bonds. The summed E-state index contributed by atoms with van der Waals surface area (Å²) in [6.45, 7) is 5.10. The van der Waals surface area contributed by atoms with Gasteiger partial charge in [-0.2, -0.15) is 0 Å². The van der Waals surface area contributed by atoms with E-state index in [4.69, 9.17) is 4.74 Å². The second kappa shape index (κ2) is 8.86. The van der Waals surface area contributed by atoms with Gasteiger partial charge in [-0.25, -0.2) is 4.98 Å². The van der Waals surface area contributed by atoms with Crippen molar-refractivity contribution in [2.45, 2.75) is 78.0 Å². The quantitative estimate of drug-likeness (QED) is 0.610. The van der Waals surface area contributed by atoms with E-state index in [0.717, 1.165) is 36.1 Å². The van der Waals surface area contributed by atoms with Crippen molar-refractivity contribution in [2.24, 2.45) is 0 Å². The van der Waals surface area contributed by atoms with E-state index >= 15 is 0 Å². The third kappa shape index (κ3) is 4.60. The lowest BCUT2D eigenvalue weighted by molar-refractivity contribution is -0.155. The lowest BCUT2D eigenvalue weighted by atomic mass is 10.1. The van der Waals surface area contributed by atoms with Crippen molar-refractivity contribution in [3.63, 3.8) is 0 Å². The van der Waals surface area contributed by atoms with Gasteiger partial charge in [0.05, 0.1) is 11.7 Å². The van der Waals surface area contributed by atoms with Gasteiger partial charge in [-0.15, -0.1) is 11.3 Å². The van der Waals surface area contributed by atoms with Crippen LogP contribution in [-0.2, 0) is 20.9 Å². The maximum Gasteiger partial charge on any atom is 0.326 e. The summed E-state index contributed by atoms with van der Waals surface area (Å²) in [5.41, 5.74) is 0.621. The van der Waals surface area contributed by atoms with Crippen LogP contribution in [0.1, 0.15) is 55.9 Å².